The highest BCUT2D eigenvalue weighted by molar-refractivity contribution is 5.74. The molecule has 1 aliphatic rings. The molecule has 0 saturated carbocycles. The van der Waals surface area contributed by atoms with Gasteiger partial charge in [-0.15, -0.1) is 0 Å². The van der Waals surface area contributed by atoms with Crippen LogP contribution in [-0.4, -0.2) is 11.0 Å². The first kappa shape index (κ1) is 16.6. The van der Waals surface area contributed by atoms with Crippen LogP contribution in [0.15, 0.2) is 35.1 Å². The maximum Gasteiger partial charge on any atom is 0.315 e. The number of benzene rings is 1. The molecule has 1 unspecified atom stereocenters. The lowest BCUT2D eigenvalue weighted by atomic mass is 9.83. The molecule has 1 atom stereocenters. The molecule has 128 valence electrons. The third kappa shape index (κ3) is 3.78. The van der Waals surface area contributed by atoms with Crippen molar-refractivity contribution in [1.82, 2.24) is 15.6 Å². The molecule has 3 rings (SSSR count). The fraction of sp³-hybridized carbons (Fsp3) is 0.474. The highest BCUT2D eigenvalue weighted by atomic mass is 16.3. The van der Waals surface area contributed by atoms with E-state index in [4.69, 9.17) is 4.42 Å². The summed E-state index contributed by atoms with van der Waals surface area (Å²) in [7, 11) is 0. The van der Waals surface area contributed by atoms with Crippen LogP contribution >= 0.6 is 0 Å². The molecular weight excluding hydrogens is 302 g/mol. The van der Waals surface area contributed by atoms with E-state index in [1.165, 1.54) is 17.5 Å². The molecule has 0 aliphatic heterocycles. The lowest BCUT2D eigenvalue weighted by Crippen LogP contribution is -2.39. The second kappa shape index (κ2) is 6.67. The molecule has 1 aliphatic carbocycles. The van der Waals surface area contributed by atoms with Crippen molar-refractivity contribution in [2.24, 2.45) is 5.41 Å². The van der Waals surface area contributed by atoms with E-state index in [1.807, 2.05) is 13.0 Å². The molecule has 5 heteroatoms. The largest absolute Gasteiger partial charge is 0.448 e. The third-order valence-corrected chi connectivity index (χ3v) is 4.82. The number of aryl methyl sites for hydroxylation is 2. The second-order valence-electron chi connectivity index (χ2n) is 7.30. The van der Waals surface area contributed by atoms with Crippen LogP contribution in [0.2, 0.25) is 0 Å². The Morgan fingerprint density at radius 2 is 2.17 bits per heavy atom. The van der Waals surface area contributed by atoms with Crippen molar-refractivity contribution in [3.8, 4) is 0 Å². The maximum atomic E-state index is 12.4. The normalized spacial score (nSPS) is 19.2. The number of nitrogens with zero attached hydrogens (tertiary/aromatic N) is 1. The summed E-state index contributed by atoms with van der Waals surface area (Å²) >= 11 is 0. The van der Waals surface area contributed by atoms with E-state index in [-0.39, 0.29) is 17.5 Å². The number of oxazole rings is 1. The van der Waals surface area contributed by atoms with E-state index in [0.717, 1.165) is 30.7 Å². The zero-order valence-electron chi connectivity index (χ0n) is 14.6. The van der Waals surface area contributed by atoms with Gasteiger partial charge in [0.25, 0.3) is 0 Å². The number of carbonyl (C=O) groups is 1. The van der Waals surface area contributed by atoms with Gasteiger partial charge in [0.2, 0.25) is 0 Å². The van der Waals surface area contributed by atoms with Crippen LogP contribution in [0.5, 0.6) is 0 Å². The minimum Gasteiger partial charge on any atom is -0.448 e. The van der Waals surface area contributed by atoms with Crippen LogP contribution in [0.4, 0.5) is 4.79 Å². The van der Waals surface area contributed by atoms with Crippen LogP contribution in [0, 0.1) is 12.3 Å². The average Bonchev–Trinajstić information content (AvgIpc) is 2.90. The molecule has 2 amide bonds. The summed E-state index contributed by atoms with van der Waals surface area (Å²) in [5.41, 5.74) is 3.52. The van der Waals surface area contributed by atoms with Crippen molar-refractivity contribution in [2.75, 3.05) is 0 Å². The number of rotatable bonds is 3. The number of fused-ring (bicyclic) bond motifs is 1. The standard InChI is InChI=1S/C19H25N3O2/c1-13-17(21-12-24-13)11-20-18(23)22-16-10-19(2,3)9-8-14-6-4-5-7-15(14)16/h4-7,12,16H,8-11H2,1-3H3,(H2,20,22,23). The van der Waals surface area contributed by atoms with Crippen molar-refractivity contribution in [3.63, 3.8) is 0 Å². The van der Waals surface area contributed by atoms with E-state index in [1.54, 1.807) is 0 Å². The Morgan fingerprint density at radius 1 is 1.38 bits per heavy atom. The van der Waals surface area contributed by atoms with Crippen LogP contribution in [0.25, 0.3) is 0 Å². The zero-order chi connectivity index (χ0) is 17.2. The van der Waals surface area contributed by atoms with Crippen LogP contribution < -0.4 is 10.6 Å². The first-order valence-electron chi connectivity index (χ1n) is 8.46. The summed E-state index contributed by atoms with van der Waals surface area (Å²) in [5.74, 6) is 0.733. The summed E-state index contributed by atoms with van der Waals surface area (Å²) < 4.78 is 5.15. The van der Waals surface area contributed by atoms with Crippen molar-refractivity contribution >= 4 is 6.03 Å². The first-order chi connectivity index (χ1) is 11.4. The molecular formula is C19H25N3O2. The summed E-state index contributed by atoms with van der Waals surface area (Å²) in [6.07, 6.45) is 4.51. The number of nitrogens with one attached hydrogen (secondary N) is 2. The van der Waals surface area contributed by atoms with Crippen LogP contribution in [0.3, 0.4) is 0 Å². The molecule has 24 heavy (non-hydrogen) atoms. The number of amides is 2. The molecule has 0 spiro atoms. The number of hydrogen-bond acceptors (Lipinski definition) is 3. The number of urea groups is 1. The van der Waals surface area contributed by atoms with Crippen LogP contribution in [-0.2, 0) is 13.0 Å². The Hall–Kier alpha value is -2.30. The number of aromatic nitrogens is 1. The molecule has 2 N–H and O–H groups in total. The molecule has 1 aromatic heterocycles. The van der Waals surface area contributed by atoms with Gasteiger partial charge in [-0.2, -0.15) is 0 Å². The van der Waals surface area contributed by atoms with Crippen molar-refractivity contribution in [1.29, 1.82) is 0 Å². The molecule has 5 nitrogen and oxygen atoms in total. The summed E-state index contributed by atoms with van der Waals surface area (Å²) in [6, 6.07) is 8.27. The highest BCUT2D eigenvalue weighted by Crippen LogP contribution is 2.39. The van der Waals surface area contributed by atoms with E-state index in [9.17, 15) is 4.79 Å². The molecule has 2 aromatic rings. The zero-order valence-corrected chi connectivity index (χ0v) is 14.6. The van der Waals surface area contributed by atoms with Gasteiger partial charge in [0, 0.05) is 0 Å². The summed E-state index contributed by atoms with van der Waals surface area (Å²) in [4.78, 5) is 16.5. The summed E-state index contributed by atoms with van der Waals surface area (Å²) in [6.45, 7) is 6.74. The van der Waals surface area contributed by atoms with E-state index < -0.39 is 0 Å². The minimum atomic E-state index is -0.171. The Labute approximate surface area is 142 Å². The fourth-order valence-electron chi connectivity index (χ4n) is 3.34. The molecule has 0 fully saturated rings. The quantitative estimate of drug-likeness (QED) is 0.841. The predicted molar refractivity (Wildman–Crippen MR) is 92.5 cm³/mol. The smallest absolute Gasteiger partial charge is 0.315 e. The Bertz CT molecular complexity index is 721. The van der Waals surface area contributed by atoms with Gasteiger partial charge >= 0.3 is 6.03 Å². The van der Waals surface area contributed by atoms with Crippen LogP contribution in [0.1, 0.15) is 55.3 Å². The molecule has 0 saturated heterocycles. The van der Waals surface area contributed by atoms with Gasteiger partial charge in [0.05, 0.1) is 12.6 Å². The van der Waals surface area contributed by atoms with Crippen molar-refractivity contribution in [3.05, 3.63) is 53.2 Å². The monoisotopic (exact) mass is 327 g/mol. The first-order valence-corrected chi connectivity index (χ1v) is 8.46. The molecule has 1 heterocycles. The van der Waals surface area contributed by atoms with Gasteiger partial charge in [-0.1, -0.05) is 38.1 Å². The van der Waals surface area contributed by atoms with Gasteiger partial charge in [0.15, 0.2) is 6.39 Å². The topological polar surface area (TPSA) is 67.2 Å². The maximum absolute atomic E-state index is 12.4. The van der Waals surface area contributed by atoms with Gasteiger partial charge in [-0.05, 0) is 42.7 Å². The minimum absolute atomic E-state index is 0.0251. The van der Waals surface area contributed by atoms with Gasteiger partial charge in [-0.25, -0.2) is 9.78 Å². The Balaban J connectivity index is 1.70. The molecule has 0 bridgehead atoms. The predicted octanol–water partition coefficient (Wildman–Crippen LogP) is 3.89. The summed E-state index contributed by atoms with van der Waals surface area (Å²) in [5, 5.41) is 6.02. The molecule has 1 aromatic carbocycles. The van der Waals surface area contributed by atoms with Gasteiger partial charge in [0.1, 0.15) is 11.5 Å². The lowest BCUT2D eigenvalue weighted by molar-refractivity contribution is 0.226. The van der Waals surface area contributed by atoms with Crippen molar-refractivity contribution in [2.45, 2.75) is 52.6 Å². The van der Waals surface area contributed by atoms with Gasteiger partial charge < -0.3 is 15.1 Å². The fourth-order valence-corrected chi connectivity index (χ4v) is 3.34. The highest BCUT2D eigenvalue weighted by Gasteiger charge is 2.30. The average molecular weight is 327 g/mol. The number of carbonyl (C=O) groups excluding carboxylic acids is 1. The Kier molecular flexibility index (Phi) is 4.60. The second-order valence-corrected chi connectivity index (χ2v) is 7.30. The molecule has 0 radical (unpaired) electrons. The third-order valence-electron chi connectivity index (χ3n) is 4.82. The Morgan fingerprint density at radius 3 is 2.92 bits per heavy atom. The van der Waals surface area contributed by atoms with Gasteiger partial charge in [-0.3, -0.25) is 0 Å². The van der Waals surface area contributed by atoms with Crippen molar-refractivity contribution < 1.29 is 9.21 Å². The van der Waals surface area contributed by atoms with E-state index >= 15 is 0 Å². The lowest BCUT2D eigenvalue weighted by Gasteiger charge is -2.27. The number of hydrogen-bond donors (Lipinski definition) is 2. The SMILES string of the molecule is Cc1ocnc1CNC(=O)NC1CC(C)(C)CCc2ccccc21. The van der Waals surface area contributed by atoms with E-state index in [0.29, 0.717) is 6.54 Å². The van der Waals surface area contributed by atoms with E-state index in [2.05, 4.69) is 47.7 Å².